The third kappa shape index (κ3) is 9.90. The molecule has 2 aliphatic rings. The molecular weight excluding hydrogens is 610 g/mol. The zero-order valence-electron chi connectivity index (χ0n) is 21.1. The summed E-state index contributed by atoms with van der Waals surface area (Å²) < 4.78 is 5.58. The van der Waals surface area contributed by atoms with E-state index in [-0.39, 0.29) is 61.5 Å². The first-order valence-electron chi connectivity index (χ1n) is 12.1. The number of amides is 1. The number of ether oxygens (including phenoxy) is 1. The predicted octanol–water partition coefficient (Wildman–Crippen LogP) is 4.64. The summed E-state index contributed by atoms with van der Waals surface area (Å²) in [6.07, 6.45) is 3.45. The van der Waals surface area contributed by atoms with Crippen molar-refractivity contribution in [1.29, 1.82) is 0 Å². The Morgan fingerprint density at radius 2 is 2.00 bits per heavy atom. The van der Waals surface area contributed by atoms with Crippen molar-refractivity contribution in [2.24, 2.45) is 5.92 Å². The van der Waals surface area contributed by atoms with E-state index in [1.54, 1.807) is 18.2 Å². The Morgan fingerprint density at radius 1 is 1.29 bits per heavy atom. The Balaban J connectivity index is 0.000000305. The first kappa shape index (κ1) is 32.7. The van der Waals surface area contributed by atoms with Gasteiger partial charge in [0, 0.05) is 65.1 Å². The van der Waals surface area contributed by atoms with Gasteiger partial charge in [0.05, 0.1) is 17.1 Å². The molecule has 4 rings (SSSR count). The third-order valence-electron chi connectivity index (χ3n) is 6.38. The van der Waals surface area contributed by atoms with Crippen molar-refractivity contribution in [3.8, 4) is 5.88 Å². The molecular formula is C25H32Cl2N5O5Y-. The maximum Gasteiger partial charge on any atom is 0.304 e. The Bertz CT molecular complexity index is 1090. The number of anilines is 1. The number of benzene rings is 1. The number of hydrogen-bond donors (Lipinski definition) is 4. The number of likely N-dealkylation sites (tertiary alicyclic amines) is 1. The van der Waals surface area contributed by atoms with Crippen LogP contribution in [0.2, 0.25) is 10.0 Å². The second kappa shape index (κ2) is 15.3. The molecule has 13 heteroatoms. The van der Waals surface area contributed by atoms with E-state index in [9.17, 15) is 9.59 Å². The van der Waals surface area contributed by atoms with Crippen LogP contribution in [0.25, 0.3) is 5.73 Å². The second-order valence-electron chi connectivity index (χ2n) is 9.24. The minimum Gasteiger partial charge on any atom is -0.672 e. The van der Waals surface area contributed by atoms with Crippen LogP contribution in [0.15, 0.2) is 36.5 Å². The number of pyridine rings is 1. The van der Waals surface area contributed by atoms with Gasteiger partial charge < -0.3 is 25.8 Å². The molecule has 1 aliphatic heterocycles. The second-order valence-corrected chi connectivity index (χ2v) is 10.1. The van der Waals surface area contributed by atoms with Gasteiger partial charge in [-0.3, -0.25) is 20.3 Å². The van der Waals surface area contributed by atoms with Crippen LogP contribution in [0, 0.1) is 5.92 Å². The van der Waals surface area contributed by atoms with Crippen molar-refractivity contribution in [2.45, 2.75) is 50.8 Å². The number of carboxylic acid groups (broad SMARTS) is 1. The summed E-state index contributed by atoms with van der Waals surface area (Å²) >= 11 is 11.8. The van der Waals surface area contributed by atoms with Crippen LogP contribution in [0.4, 0.5) is 5.69 Å². The monoisotopic (exact) mass is 641 g/mol. The summed E-state index contributed by atoms with van der Waals surface area (Å²) in [7, 11) is 0. The molecule has 0 unspecified atom stereocenters. The van der Waals surface area contributed by atoms with E-state index in [2.05, 4.69) is 20.7 Å². The number of aliphatic carboxylic acids is 1. The Kier molecular flexibility index (Phi) is 13.2. The number of carbonyl (C=O) groups excluding carboxylic acids is 1. The van der Waals surface area contributed by atoms with Gasteiger partial charge in [0.1, 0.15) is 5.02 Å². The Hall–Kier alpha value is -1.53. The van der Waals surface area contributed by atoms with Crippen molar-refractivity contribution in [2.75, 3.05) is 25.1 Å². The van der Waals surface area contributed by atoms with Gasteiger partial charge in [-0.05, 0) is 36.1 Å². The van der Waals surface area contributed by atoms with E-state index in [1.807, 2.05) is 13.0 Å². The fraction of sp³-hybridized carbons (Fsp3) is 0.480. The van der Waals surface area contributed by atoms with Crippen LogP contribution in [0.1, 0.15) is 38.2 Å². The molecule has 0 bridgehead atoms. The Morgan fingerprint density at radius 3 is 2.58 bits per heavy atom. The topological polar surface area (TPSA) is 148 Å². The molecule has 1 aromatic carbocycles. The molecule has 10 nitrogen and oxygen atoms in total. The van der Waals surface area contributed by atoms with Crippen LogP contribution in [-0.2, 0) is 48.8 Å². The normalized spacial score (nSPS) is 16.6. The van der Waals surface area contributed by atoms with Crippen molar-refractivity contribution in [3.63, 3.8) is 0 Å². The molecule has 2 fully saturated rings. The maximum absolute atomic E-state index is 12.3. The molecule has 1 saturated heterocycles. The van der Waals surface area contributed by atoms with Crippen LogP contribution < -0.4 is 15.5 Å². The number of hydrogen-bond acceptors (Lipinski definition) is 7. The van der Waals surface area contributed by atoms with Crippen molar-refractivity contribution in [3.05, 3.63) is 57.9 Å². The molecule has 2 heterocycles. The van der Waals surface area contributed by atoms with Crippen LogP contribution in [0.5, 0.6) is 5.88 Å². The van der Waals surface area contributed by atoms with Gasteiger partial charge in [0.15, 0.2) is 6.10 Å². The Labute approximate surface area is 257 Å². The molecule has 1 atom stereocenters. The summed E-state index contributed by atoms with van der Waals surface area (Å²) in [4.78, 5) is 28.7. The van der Waals surface area contributed by atoms with Crippen molar-refractivity contribution < 1.29 is 57.3 Å². The average molecular weight is 642 g/mol. The van der Waals surface area contributed by atoms with Crippen LogP contribution in [0.3, 0.4) is 0 Å². The molecule has 38 heavy (non-hydrogen) atoms. The SMILES string of the molecule is CC[C@@H](Oc1ncc(Cl)cc1Cl)C(=O)NCc1cccc(NO)c1.[NH-]C1(C2CN(CCC(=O)O)C2)CC1.[Y]. The minimum atomic E-state index is -0.727. The summed E-state index contributed by atoms with van der Waals surface area (Å²) in [6, 6.07) is 8.53. The molecule has 1 saturated carbocycles. The summed E-state index contributed by atoms with van der Waals surface area (Å²) in [5, 5.41) is 20.8. The summed E-state index contributed by atoms with van der Waals surface area (Å²) in [6.45, 7) is 4.66. The number of rotatable bonds is 11. The molecule has 5 N–H and O–H groups in total. The molecule has 205 valence electrons. The van der Waals surface area contributed by atoms with Gasteiger partial charge in [0.25, 0.3) is 5.91 Å². The predicted molar refractivity (Wildman–Crippen MR) is 141 cm³/mol. The summed E-state index contributed by atoms with van der Waals surface area (Å²) in [5.41, 5.74) is 11.2. The quantitative estimate of drug-likeness (QED) is 0.260. The van der Waals surface area contributed by atoms with Gasteiger partial charge in [-0.15, -0.1) is 5.54 Å². The summed E-state index contributed by atoms with van der Waals surface area (Å²) in [5.74, 6) is -0.334. The van der Waals surface area contributed by atoms with E-state index in [4.69, 9.17) is 44.0 Å². The number of aromatic nitrogens is 1. The van der Waals surface area contributed by atoms with Crippen molar-refractivity contribution in [1.82, 2.24) is 15.2 Å². The van der Waals surface area contributed by atoms with Gasteiger partial charge in [0.2, 0.25) is 5.88 Å². The van der Waals surface area contributed by atoms with Gasteiger partial charge in [-0.1, -0.05) is 55.1 Å². The third-order valence-corrected chi connectivity index (χ3v) is 6.86. The largest absolute Gasteiger partial charge is 0.672 e. The zero-order valence-corrected chi connectivity index (χ0v) is 25.5. The molecule has 1 radical (unpaired) electrons. The zero-order chi connectivity index (χ0) is 27.0. The molecule has 1 amide bonds. The molecule has 1 aromatic heterocycles. The van der Waals surface area contributed by atoms with E-state index in [0.29, 0.717) is 36.1 Å². The van der Waals surface area contributed by atoms with E-state index < -0.39 is 12.1 Å². The fourth-order valence-electron chi connectivity index (χ4n) is 3.90. The number of nitrogens with zero attached hydrogens (tertiary/aromatic N) is 2. The van der Waals surface area contributed by atoms with E-state index >= 15 is 0 Å². The van der Waals surface area contributed by atoms with Gasteiger partial charge in [-0.25, -0.2) is 4.98 Å². The molecule has 2 aromatic rings. The van der Waals surface area contributed by atoms with Crippen LogP contribution in [-0.4, -0.2) is 63.4 Å². The number of halogens is 2. The van der Waals surface area contributed by atoms with Crippen molar-refractivity contribution >= 4 is 40.8 Å². The number of carbonyl (C=O) groups is 2. The first-order chi connectivity index (χ1) is 17.6. The maximum atomic E-state index is 12.3. The average Bonchev–Trinajstić information content (AvgIpc) is 3.59. The van der Waals surface area contributed by atoms with Gasteiger partial charge >= 0.3 is 5.97 Å². The standard InChI is InChI=1S/C16H17Cl2N3O3.C9H15N2O2.Y/c1-2-14(24-16-13(18)7-11(17)9-20-16)15(22)19-8-10-4-3-5-12(6-10)21-23;10-9(2-3-9)7-5-11(6-7)4-1-8(12)13;/h3-7,9,14,21,23H,2,8H2,1H3,(H,19,22);7,10H,1-6H2,(H,12,13);/q;-1;/t14-;;/m1../s1. The fourth-order valence-corrected chi connectivity index (χ4v) is 4.32. The number of nitrogens with one attached hydrogen (secondary N) is 3. The van der Waals surface area contributed by atoms with Crippen LogP contribution >= 0.6 is 23.2 Å². The first-order valence-corrected chi connectivity index (χ1v) is 12.8. The van der Waals surface area contributed by atoms with E-state index in [0.717, 1.165) is 31.5 Å². The molecule has 1 aliphatic carbocycles. The molecule has 0 spiro atoms. The van der Waals surface area contributed by atoms with E-state index in [1.165, 1.54) is 12.3 Å². The van der Waals surface area contributed by atoms with Gasteiger partial charge in [-0.2, -0.15) is 0 Å². The number of carboxylic acids is 1. The smallest absolute Gasteiger partial charge is 0.304 e. The minimum absolute atomic E-state index is 0.